The number of carbonyl (C=O) groups is 3. The van der Waals surface area contributed by atoms with Crippen LogP contribution in [0.2, 0.25) is 0 Å². The molecule has 1 unspecified atom stereocenters. The summed E-state index contributed by atoms with van der Waals surface area (Å²) in [4.78, 5) is 43.4. The molecule has 1 N–H and O–H groups in total. The molecule has 3 heterocycles. The largest absolute Gasteiger partial charge is 0.356 e. The summed E-state index contributed by atoms with van der Waals surface area (Å²) in [7, 11) is 2.95. The van der Waals surface area contributed by atoms with E-state index in [1.54, 1.807) is 13.1 Å². The van der Waals surface area contributed by atoms with Gasteiger partial charge in [-0.05, 0) is 11.9 Å². The highest BCUT2D eigenvalue weighted by Crippen LogP contribution is 2.21. The van der Waals surface area contributed by atoms with E-state index < -0.39 is 18.0 Å². The Morgan fingerprint density at radius 3 is 2.67 bits per heavy atom. The number of aromatic nitrogens is 1. The number of aliphatic imine (C=N–C) groups is 1. The van der Waals surface area contributed by atoms with Crippen LogP contribution < -0.4 is 5.32 Å². The maximum atomic E-state index is 12.5. The average Bonchev–Trinajstić information content (AvgIpc) is 3.37. The maximum absolute atomic E-state index is 12.5. The van der Waals surface area contributed by atoms with E-state index in [0.717, 1.165) is 16.0 Å². The van der Waals surface area contributed by atoms with E-state index in [1.807, 2.05) is 31.2 Å². The average molecular weight is 409 g/mol. The van der Waals surface area contributed by atoms with Crippen LogP contribution >= 0.6 is 0 Å². The minimum Gasteiger partial charge on any atom is -0.356 e. The lowest BCUT2D eigenvalue weighted by atomic mass is 10.1. The number of urea groups is 1. The first kappa shape index (κ1) is 19.5. The van der Waals surface area contributed by atoms with Gasteiger partial charge in [-0.25, -0.2) is 9.37 Å². The Hall–Kier alpha value is -3.82. The number of hydrogen-bond acceptors (Lipinski definition) is 6. The predicted molar refractivity (Wildman–Crippen MR) is 107 cm³/mol. The second kappa shape index (κ2) is 7.54. The zero-order chi connectivity index (χ0) is 21.4. The van der Waals surface area contributed by atoms with Crippen LogP contribution in [0.25, 0.3) is 11.3 Å². The molecule has 2 aliphatic rings. The van der Waals surface area contributed by atoms with E-state index in [-0.39, 0.29) is 19.0 Å². The van der Waals surface area contributed by atoms with Gasteiger partial charge in [0.05, 0.1) is 6.54 Å². The summed E-state index contributed by atoms with van der Waals surface area (Å²) in [6.07, 6.45) is 1.41. The summed E-state index contributed by atoms with van der Waals surface area (Å²) in [5.41, 5.74) is 2.63. The molecule has 10 nitrogen and oxygen atoms in total. The van der Waals surface area contributed by atoms with Crippen LogP contribution in [-0.4, -0.2) is 76.2 Å². The van der Waals surface area contributed by atoms with Gasteiger partial charge in [0.15, 0.2) is 12.3 Å². The van der Waals surface area contributed by atoms with Crippen LogP contribution in [0, 0.1) is 6.92 Å². The van der Waals surface area contributed by atoms with Gasteiger partial charge in [0, 0.05) is 25.7 Å². The van der Waals surface area contributed by atoms with Gasteiger partial charge < -0.3 is 9.84 Å². The van der Waals surface area contributed by atoms with Gasteiger partial charge in [-0.3, -0.25) is 19.4 Å². The topological polar surface area (TPSA) is 111 Å². The minimum atomic E-state index is -0.788. The summed E-state index contributed by atoms with van der Waals surface area (Å²) >= 11 is 0. The number of amides is 4. The van der Waals surface area contributed by atoms with E-state index in [0.29, 0.717) is 17.3 Å². The van der Waals surface area contributed by atoms with Gasteiger partial charge in [0.1, 0.15) is 5.69 Å². The number of fused-ring (bicyclic) bond motifs is 1. The fraction of sp³-hybridized carbons (Fsp3) is 0.300. The fourth-order valence-electron chi connectivity index (χ4n) is 3.33. The summed E-state index contributed by atoms with van der Waals surface area (Å²) < 4.78 is 6.86. The number of aryl methyl sites for hydroxylation is 1. The lowest BCUT2D eigenvalue weighted by Crippen LogP contribution is -2.62. The van der Waals surface area contributed by atoms with Crippen molar-refractivity contribution in [2.24, 2.45) is 4.99 Å². The van der Waals surface area contributed by atoms with Gasteiger partial charge in [-0.15, -0.1) is 0 Å². The van der Waals surface area contributed by atoms with Crippen LogP contribution in [0.4, 0.5) is 4.79 Å². The van der Waals surface area contributed by atoms with Crippen molar-refractivity contribution in [2.45, 2.75) is 19.5 Å². The second-order valence-corrected chi connectivity index (χ2v) is 7.24. The van der Waals surface area contributed by atoms with Crippen molar-refractivity contribution in [1.82, 2.24) is 20.3 Å². The van der Waals surface area contributed by atoms with Crippen molar-refractivity contribution in [2.75, 3.05) is 20.6 Å². The second-order valence-electron chi connectivity index (χ2n) is 7.24. The molecule has 2 aromatic rings. The SMILES string of the molecule is Cc1ccc(-c2cc(CNC(=O)C[N+]3=CN=C4C3C(=O)N(C)C(=O)N4C)no2)cc1. The number of amidine groups is 1. The van der Waals surface area contributed by atoms with E-state index in [4.69, 9.17) is 4.52 Å². The number of hydrogen-bond donors (Lipinski definition) is 1. The Bertz CT molecular complexity index is 1080. The van der Waals surface area contributed by atoms with Gasteiger partial charge in [0.25, 0.3) is 30.0 Å². The summed E-state index contributed by atoms with van der Waals surface area (Å²) in [6, 6.07) is 8.38. The number of imide groups is 1. The standard InChI is InChI=1S/C20H20N6O4/c1-12-4-6-13(7-5-12)15-8-14(23-30-15)9-21-16(27)10-26-11-22-18-17(26)19(28)25(3)20(29)24(18)2/h4-8,11,17H,9-10H2,1-3H3/p+1. The van der Waals surface area contributed by atoms with Crippen molar-refractivity contribution in [1.29, 1.82) is 0 Å². The monoisotopic (exact) mass is 409 g/mol. The van der Waals surface area contributed by atoms with E-state index in [9.17, 15) is 14.4 Å². The number of benzene rings is 1. The summed E-state index contributed by atoms with van der Waals surface area (Å²) in [6.45, 7) is 2.11. The van der Waals surface area contributed by atoms with Crippen LogP contribution in [0.15, 0.2) is 39.8 Å². The molecular weight excluding hydrogens is 388 g/mol. The van der Waals surface area contributed by atoms with Crippen molar-refractivity contribution in [3.8, 4) is 11.3 Å². The predicted octanol–water partition coefficient (Wildman–Crippen LogP) is 0.612. The molecule has 0 saturated carbocycles. The molecular formula is C20H21N6O4+. The Morgan fingerprint density at radius 2 is 1.93 bits per heavy atom. The summed E-state index contributed by atoms with van der Waals surface area (Å²) in [5, 5.41) is 6.75. The lowest BCUT2D eigenvalue weighted by Gasteiger charge is -2.30. The quantitative estimate of drug-likeness (QED) is 0.728. The van der Waals surface area contributed by atoms with Crippen LogP contribution in [0.3, 0.4) is 0 Å². The summed E-state index contributed by atoms with van der Waals surface area (Å²) in [5.74, 6) is 0.207. The molecule has 0 bridgehead atoms. The van der Waals surface area contributed by atoms with Crippen molar-refractivity contribution in [3.63, 3.8) is 0 Å². The molecule has 154 valence electrons. The van der Waals surface area contributed by atoms with Crippen LogP contribution in [0.5, 0.6) is 0 Å². The highest BCUT2D eigenvalue weighted by atomic mass is 16.5. The fourth-order valence-corrected chi connectivity index (χ4v) is 3.33. The molecule has 0 radical (unpaired) electrons. The third-order valence-electron chi connectivity index (χ3n) is 5.08. The van der Waals surface area contributed by atoms with Crippen LogP contribution in [0.1, 0.15) is 11.3 Å². The highest BCUT2D eigenvalue weighted by Gasteiger charge is 2.50. The maximum Gasteiger partial charge on any atom is 0.333 e. The zero-order valence-corrected chi connectivity index (χ0v) is 16.8. The Labute approximate surface area is 172 Å². The first-order chi connectivity index (χ1) is 14.3. The number of nitrogens with zero attached hydrogens (tertiary/aromatic N) is 5. The number of carbonyl (C=O) groups excluding carboxylic acids is 3. The van der Waals surface area contributed by atoms with Crippen molar-refractivity contribution >= 4 is 30.0 Å². The number of rotatable bonds is 5. The molecule has 0 aliphatic carbocycles. The third-order valence-corrected chi connectivity index (χ3v) is 5.08. The van der Waals surface area contributed by atoms with Crippen molar-refractivity contribution < 1.29 is 23.5 Å². The van der Waals surface area contributed by atoms with E-state index in [2.05, 4.69) is 15.5 Å². The molecule has 2 aliphatic heterocycles. The van der Waals surface area contributed by atoms with Crippen LogP contribution in [-0.2, 0) is 16.1 Å². The van der Waals surface area contributed by atoms with Gasteiger partial charge >= 0.3 is 6.03 Å². The Morgan fingerprint density at radius 1 is 1.20 bits per heavy atom. The molecule has 1 aromatic carbocycles. The molecule has 1 fully saturated rings. The first-order valence-electron chi connectivity index (χ1n) is 9.36. The normalized spacial score (nSPS) is 18.3. The molecule has 4 rings (SSSR count). The lowest BCUT2D eigenvalue weighted by molar-refractivity contribution is -0.519. The highest BCUT2D eigenvalue weighted by molar-refractivity contribution is 6.21. The number of likely N-dealkylation sites (N-methyl/N-ethyl adjacent to an activating group) is 2. The Kier molecular flexibility index (Phi) is 4.90. The van der Waals surface area contributed by atoms with Gasteiger partial charge in [-0.1, -0.05) is 35.0 Å². The number of nitrogens with one attached hydrogen (secondary N) is 1. The van der Waals surface area contributed by atoms with E-state index >= 15 is 0 Å². The first-order valence-corrected chi connectivity index (χ1v) is 9.36. The van der Waals surface area contributed by atoms with Gasteiger partial charge in [-0.2, -0.15) is 0 Å². The minimum absolute atomic E-state index is 0.0814. The Balaban J connectivity index is 1.35. The molecule has 10 heteroatoms. The zero-order valence-electron chi connectivity index (χ0n) is 16.8. The molecule has 0 spiro atoms. The third kappa shape index (κ3) is 3.47. The van der Waals surface area contributed by atoms with Crippen molar-refractivity contribution in [3.05, 3.63) is 41.6 Å². The molecule has 30 heavy (non-hydrogen) atoms. The molecule has 1 saturated heterocycles. The van der Waals surface area contributed by atoms with E-state index in [1.165, 1.54) is 22.9 Å². The smallest absolute Gasteiger partial charge is 0.333 e. The van der Waals surface area contributed by atoms with Gasteiger partial charge in [0.2, 0.25) is 0 Å². The molecule has 4 amide bonds. The molecule has 1 aromatic heterocycles. The molecule has 1 atom stereocenters.